The van der Waals surface area contributed by atoms with E-state index < -0.39 is 0 Å². The first-order valence-corrected chi connectivity index (χ1v) is 10.4. The Bertz CT molecular complexity index is 435. The zero-order chi connectivity index (χ0) is 19.8. The monoisotopic (exact) mass is 364 g/mol. The van der Waals surface area contributed by atoms with E-state index in [1.54, 1.807) is 6.92 Å². The zero-order valence-electron chi connectivity index (χ0n) is 17.3. The van der Waals surface area contributed by atoms with Gasteiger partial charge in [0.15, 0.2) is 0 Å². The first-order chi connectivity index (χ1) is 12.3. The molecule has 150 valence electrons. The Kier molecular flexibility index (Phi) is 15.0. The first kappa shape index (κ1) is 24.6. The molecule has 0 aliphatic heterocycles. The molecule has 0 saturated heterocycles. The lowest BCUT2D eigenvalue weighted by Gasteiger charge is -2.09. The number of carbonyl (C=O) groups is 2. The summed E-state index contributed by atoms with van der Waals surface area (Å²) in [6.45, 7) is 9.48. The molecule has 1 unspecified atom stereocenters. The molecule has 0 aromatic heterocycles. The molecule has 0 aromatic rings. The number of rotatable bonds is 17. The molecule has 1 atom stereocenters. The van der Waals surface area contributed by atoms with Crippen molar-refractivity contribution in [3.63, 3.8) is 0 Å². The molecule has 0 saturated carbocycles. The van der Waals surface area contributed by atoms with Crippen LogP contribution in [0.3, 0.4) is 0 Å². The Morgan fingerprint density at radius 1 is 0.962 bits per heavy atom. The highest BCUT2D eigenvalue weighted by atomic mass is 16.3. The van der Waals surface area contributed by atoms with Crippen LogP contribution < -0.4 is 0 Å². The second-order valence-electron chi connectivity index (χ2n) is 7.92. The van der Waals surface area contributed by atoms with E-state index in [9.17, 15) is 14.7 Å². The second-order valence-corrected chi connectivity index (χ2v) is 7.92. The second kappa shape index (κ2) is 15.8. The van der Waals surface area contributed by atoms with Crippen molar-refractivity contribution in [1.29, 1.82) is 0 Å². The van der Waals surface area contributed by atoms with Crippen molar-refractivity contribution >= 4 is 11.6 Å². The van der Waals surface area contributed by atoms with E-state index in [0.29, 0.717) is 18.6 Å². The molecule has 0 bridgehead atoms. The van der Waals surface area contributed by atoms with Gasteiger partial charge in [0.2, 0.25) is 0 Å². The lowest BCUT2D eigenvalue weighted by atomic mass is 9.96. The molecule has 0 amide bonds. The summed E-state index contributed by atoms with van der Waals surface area (Å²) in [5.41, 5.74) is 0. The van der Waals surface area contributed by atoms with Gasteiger partial charge in [-0.1, -0.05) is 58.3 Å². The van der Waals surface area contributed by atoms with Crippen molar-refractivity contribution < 1.29 is 14.7 Å². The average Bonchev–Trinajstić information content (AvgIpc) is 2.55. The zero-order valence-corrected chi connectivity index (χ0v) is 17.3. The fourth-order valence-electron chi connectivity index (χ4n) is 2.99. The van der Waals surface area contributed by atoms with Crippen LogP contribution in [-0.4, -0.2) is 16.7 Å². The lowest BCUT2D eigenvalue weighted by molar-refractivity contribution is -0.121. The van der Waals surface area contributed by atoms with Crippen LogP contribution in [0.5, 0.6) is 0 Å². The number of hydrogen-bond donors (Lipinski definition) is 1. The maximum Gasteiger partial charge on any atom is 0.133 e. The molecule has 3 nitrogen and oxygen atoms in total. The summed E-state index contributed by atoms with van der Waals surface area (Å²) in [6, 6.07) is 0. The third-order valence-corrected chi connectivity index (χ3v) is 4.71. The molecule has 26 heavy (non-hydrogen) atoms. The van der Waals surface area contributed by atoms with Crippen molar-refractivity contribution in [1.82, 2.24) is 0 Å². The number of allylic oxidation sites excluding steroid dienone is 3. The van der Waals surface area contributed by atoms with Crippen LogP contribution in [0.25, 0.3) is 0 Å². The third kappa shape index (κ3) is 16.1. The predicted molar refractivity (Wildman–Crippen MR) is 110 cm³/mol. The number of carbonyl (C=O) groups excluding carboxylic acids is 2. The number of Topliss-reactive ketones (excluding diaryl/α,β-unsaturated/α-hetero) is 2. The summed E-state index contributed by atoms with van der Waals surface area (Å²) >= 11 is 0. The van der Waals surface area contributed by atoms with Crippen molar-refractivity contribution in [2.75, 3.05) is 0 Å². The molecule has 0 radical (unpaired) electrons. The van der Waals surface area contributed by atoms with Gasteiger partial charge in [-0.2, -0.15) is 0 Å². The van der Waals surface area contributed by atoms with Crippen LogP contribution in [0, 0.1) is 11.8 Å². The summed E-state index contributed by atoms with van der Waals surface area (Å²) in [7, 11) is 0. The Morgan fingerprint density at radius 3 is 2.15 bits per heavy atom. The number of hydrogen-bond acceptors (Lipinski definition) is 3. The van der Waals surface area contributed by atoms with Crippen LogP contribution >= 0.6 is 0 Å². The molecule has 0 aliphatic rings. The normalized spacial score (nSPS) is 12.6. The fourth-order valence-corrected chi connectivity index (χ4v) is 2.99. The largest absolute Gasteiger partial charge is 0.513 e. The summed E-state index contributed by atoms with van der Waals surface area (Å²) < 4.78 is 0. The van der Waals surface area contributed by atoms with E-state index in [1.165, 1.54) is 12.8 Å². The van der Waals surface area contributed by atoms with Crippen molar-refractivity contribution in [2.45, 2.75) is 97.8 Å². The SMILES string of the molecule is C=C(O)CC(C/C=C/CCCCCCC(=O)CCCCC(C)C)C(C)=O. The van der Waals surface area contributed by atoms with E-state index >= 15 is 0 Å². The standard InChI is InChI=1S/C23H40O3/c1-19(2)14-12-13-17-23(26)16-11-9-7-5-6-8-10-15-22(21(4)25)18-20(3)24/h8,10,19,22,24H,3,5-7,9,11-18H2,1-2,4H3/b10-8+. The summed E-state index contributed by atoms with van der Waals surface area (Å²) in [4.78, 5) is 23.3. The van der Waals surface area contributed by atoms with Gasteiger partial charge in [-0.25, -0.2) is 0 Å². The van der Waals surface area contributed by atoms with E-state index in [4.69, 9.17) is 0 Å². The summed E-state index contributed by atoms with van der Waals surface area (Å²) in [5.74, 6) is 1.18. The maximum absolute atomic E-state index is 11.8. The highest BCUT2D eigenvalue weighted by molar-refractivity contribution is 5.78. The van der Waals surface area contributed by atoms with Gasteiger partial charge >= 0.3 is 0 Å². The minimum Gasteiger partial charge on any atom is -0.513 e. The number of ketones is 2. The maximum atomic E-state index is 11.8. The quantitative estimate of drug-likeness (QED) is 0.177. The Balaban J connectivity index is 3.58. The van der Waals surface area contributed by atoms with Crippen LogP contribution in [0.15, 0.2) is 24.5 Å². The lowest BCUT2D eigenvalue weighted by Crippen LogP contribution is -2.10. The van der Waals surface area contributed by atoms with Crippen LogP contribution in [0.4, 0.5) is 0 Å². The van der Waals surface area contributed by atoms with Crippen molar-refractivity contribution in [2.24, 2.45) is 11.8 Å². The molecular formula is C23H40O3. The predicted octanol–water partition coefficient (Wildman–Crippen LogP) is 6.73. The van der Waals surface area contributed by atoms with Gasteiger partial charge in [-0.15, -0.1) is 0 Å². The number of unbranched alkanes of at least 4 members (excludes halogenated alkanes) is 5. The highest BCUT2D eigenvalue weighted by Crippen LogP contribution is 2.15. The van der Waals surface area contributed by atoms with E-state index in [-0.39, 0.29) is 17.5 Å². The highest BCUT2D eigenvalue weighted by Gasteiger charge is 2.13. The number of aliphatic hydroxyl groups is 1. The van der Waals surface area contributed by atoms with Gasteiger partial charge in [-0.05, 0) is 44.9 Å². The van der Waals surface area contributed by atoms with Crippen LogP contribution in [-0.2, 0) is 9.59 Å². The molecule has 0 spiro atoms. The van der Waals surface area contributed by atoms with Gasteiger partial charge in [0.25, 0.3) is 0 Å². The van der Waals surface area contributed by atoms with Gasteiger partial charge < -0.3 is 5.11 Å². The summed E-state index contributed by atoms with van der Waals surface area (Å²) in [6.07, 6.45) is 15.5. The molecule has 0 rings (SSSR count). The smallest absolute Gasteiger partial charge is 0.133 e. The molecule has 1 N–H and O–H groups in total. The van der Waals surface area contributed by atoms with Gasteiger partial charge in [0.1, 0.15) is 11.6 Å². The van der Waals surface area contributed by atoms with Crippen molar-refractivity contribution in [3.05, 3.63) is 24.5 Å². The fraction of sp³-hybridized carbons (Fsp3) is 0.739. The minimum absolute atomic E-state index is 0.0769. The topological polar surface area (TPSA) is 54.4 Å². The Hall–Kier alpha value is -1.38. The van der Waals surface area contributed by atoms with Crippen LogP contribution in [0.2, 0.25) is 0 Å². The van der Waals surface area contributed by atoms with Gasteiger partial charge in [-0.3, -0.25) is 9.59 Å². The third-order valence-electron chi connectivity index (χ3n) is 4.71. The average molecular weight is 365 g/mol. The molecule has 3 heteroatoms. The Labute approximate surface area is 161 Å². The molecule has 0 aromatic carbocycles. The van der Waals surface area contributed by atoms with E-state index in [1.807, 2.05) is 6.08 Å². The van der Waals surface area contributed by atoms with Crippen molar-refractivity contribution in [3.8, 4) is 0 Å². The van der Waals surface area contributed by atoms with E-state index in [0.717, 1.165) is 57.3 Å². The van der Waals surface area contributed by atoms with E-state index in [2.05, 4.69) is 26.5 Å². The molecule has 0 aliphatic carbocycles. The van der Waals surface area contributed by atoms with Crippen LogP contribution in [0.1, 0.15) is 97.8 Å². The molecular weight excluding hydrogens is 324 g/mol. The molecule has 0 heterocycles. The van der Waals surface area contributed by atoms with Gasteiger partial charge in [0.05, 0.1) is 5.76 Å². The van der Waals surface area contributed by atoms with Gasteiger partial charge in [0, 0.05) is 25.2 Å². The summed E-state index contributed by atoms with van der Waals surface area (Å²) in [5, 5.41) is 9.22. The minimum atomic E-state index is -0.157. The Morgan fingerprint density at radius 2 is 1.58 bits per heavy atom. The molecule has 0 fully saturated rings. The number of aliphatic hydroxyl groups excluding tert-OH is 1. The first-order valence-electron chi connectivity index (χ1n) is 10.4.